The zero-order valence-electron chi connectivity index (χ0n) is 11.5. The Balaban J connectivity index is 2.21. The maximum absolute atomic E-state index is 13.7. The number of thiol groups is 1. The Kier molecular flexibility index (Phi) is 3.85. The lowest BCUT2D eigenvalue weighted by molar-refractivity contribution is 0.504. The van der Waals surface area contributed by atoms with Gasteiger partial charge in [-0.2, -0.15) is 0 Å². The van der Waals surface area contributed by atoms with Crippen LogP contribution in [0.25, 0.3) is 16.9 Å². The van der Waals surface area contributed by atoms with Gasteiger partial charge in [-0.25, -0.2) is 13.8 Å². The molecular weight excluding hydrogens is 325 g/mol. The van der Waals surface area contributed by atoms with E-state index in [0.29, 0.717) is 22.0 Å². The number of oxazole rings is 1. The van der Waals surface area contributed by atoms with Crippen molar-refractivity contribution in [1.29, 1.82) is 0 Å². The lowest BCUT2D eigenvalue weighted by atomic mass is 10.1. The molecule has 0 unspecified atom stereocenters. The molecule has 0 saturated heterocycles. The highest BCUT2D eigenvalue weighted by molar-refractivity contribution is 7.80. The van der Waals surface area contributed by atoms with Crippen molar-refractivity contribution in [3.63, 3.8) is 0 Å². The van der Waals surface area contributed by atoms with Crippen LogP contribution in [0.3, 0.4) is 0 Å². The molecule has 0 saturated carbocycles. The zero-order valence-corrected chi connectivity index (χ0v) is 13.2. The van der Waals surface area contributed by atoms with Crippen molar-refractivity contribution in [1.82, 2.24) is 4.57 Å². The van der Waals surface area contributed by atoms with Crippen molar-refractivity contribution < 1.29 is 8.81 Å². The molecule has 6 heteroatoms. The second kappa shape index (κ2) is 5.66. The molecule has 112 valence electrons. The summed E-state index contributed by atoms with van der Waals surface area (Å²) >= 11 is 10.1. The second-order valence-electron chi connectivity index (χ2n) is 4.82. The molecule has 0 bridgehead atoms. The normalized spacial score (nSPS) is 10.9. The van der Waals surface area contributed by atoms with Gasteiger partial charge < -0.3 is 4.42 Å². The van der Waals surface area contributed by atoms with Crippen LogP contribution in [-0.2, 0) is 0 Å². The maximum Gasteiger partial charge on any atom is 0.424 e. The molecule has 0 aliphatic rings. The number of nitrogens with zero attached hydrogens (tertiary/aromatic N) is 1. The highest BCUT2D eigenvalue weighted by Crippen LogP contribution is 2.26. The quantitative estimate of drug-likeness (QED) is 0.700. The van der Waals surface area contributed by atoms with Gasteiger partial charge in [-0.1, -0.05) is 23.7 Å². The molecular formula is C16H11ClFNO2S. The van der Waals surface area contributed by atoms with Gasteiger partial charge in [0.15, 0.2) is 0 Å². The Hall–Kier alpha value is -1.98. The van der Waals surface area contributed by atoms with E-state index < -0.39 is 11.6 Å². The van der Waals surface area contributed by atoms with Crippen molar-refractivity contribution in [3.05, 3.63) is 69.6 Å². The molecule has 0 amide bonds. The summed E-state index contributed by atoms with van der Waals surface area (Å²) in [7, 11) is 0. The minimum Gasteiger partial charge on any atom is -0.415 e. The summed E-state index contributed by atoms with van der Waals surface area (Å²) in [6, 6.07) is 9.72. The van der Waals surface area contributed by atoms with Gasteiger partial charge in [0.2, 0.25) is 0 Å². The van der Waals surface area contributed by atoms with Crippen LogP contribution in [0.1, 0.15) is 5.56 Å². The van der Waals surface area contributed by atoms with Crippen molar-refractivity contribution >= 4 is 24.2 Å². The van der Waals surface area contributed by atoms with E-state index in [0.717, 1.165) is 5.56 Å². The van der Waals surface area contributed by atoms with Crippen molar-refractivity contribution in [2.45, 2.75) is 11.8 Å². The zero-order chi connectivity index (χ0) is 15.9. The van der Waals surface area contributed by atoms with E-state index in [1.54, 1.807) is 24.3 Å². The van der Waals surface area contributed by atoms with E-state index in [-0.39, 0.29) is 4.90 Å². The molecule has 0 aliphatic heterocycles. The fraction of sp³-hybridized carbons (Fsp3) is 0.0625. The van der Waals surface area contributed by atoms with Gasteiger partial charge in [0.1, 0.15) is 12.1 Å². The minimum atomic E-state index is -0.565. The van der Waals surface area contributed by atoms with Gasteiger partial charge in [0, 0.05) is 15.5 Å². The lowest BCUT2D eigenvalue weighted by Crippen LogP contribution is -2.13. The molecule has 0 spiro atoms. The Morgan fingerprint density at radius 3 is 2.68 bits per heavy atom. The van der Waals surface area contributed by atoms with E-state index in [2.05, 4.69) is 12.6 Å². The fourth-order valence-electron chi connectivity index (χ4n) is 2.14. The Labute approximate surface area is 136 Å². The summed E-state index contributed by atoms with van der Waals surface area (Å²) in [4.78, 5) is 12.2. The van der Waals surface area contributed by atoms with E-state index >= 15 is 0 Å². The van der Waals surface area contributed by atoms with Gasteiger partial charge in [-0.3, -0.25) is 0 Å². The average Bonchev–Trinajstić information content (AvgIpc) is 2.87. The predicted octanol–water partition coefficient (Wildman–Crippen LogP) is 4.49. The molecule has 1 aromatic heterocycles. The monoisotopic (exact) mass is 335 g/mol. The topological polar surface area (TPSA) is 35.1 Å². The van der Waals surface area contributed by atoms with Gasteiger partial charge in [-0.15, -0.1) is 12.6 Å². The fourth-order valence-corrected chi connectivity index (χ4v) is 2.45. The van der Waals surface area contributed by atoms with Crippen LogP contribution in [0.5, 0.6) is 0 Å². The number of halogens is 2. The Morgan fingerprint density at radius 1 is 1.23 bits per heavy atom. The van der Waals surface area contributed by atoms with E-state index in [9.17, 15) is 9.18 Å². The van der Waals surface area contributed by atoms with Gasteiger partial charge in [-0.05, 0) is 36.8 Å². The number of rotatable bonds is 2. The second-order valence-corrected chi connectivity index (χ2v) is 5.71. The van der Waals surface area contributed by atoms with Crippen LogP contribution in [0.2, 0.25) is 5.02 Å². The molecule has 1 heterocycles. The molecule has 2 aromatic carbocycles. The number of aromatic nitrogens is 1. The molecule has 0 aliphatic carbocycles. The lowest BCUT2D eigenvalue weighted by Gasteiger charge is -2.08. The number of aryl methyl sites for hydroxylation is 1. The molecule has 3 aromatic rings. The summed E-state index contributed by atoms with van der Waals surface area (Å²) < 4.78 is 20.0. The van der Waals surface area contributed by atoms with Crippen molar-refractivity contribution in [3.8, 4) is 16.9 Å². The van der Waals surface area contributed by atoms with Crippen LogP contribution in [-0.4, -0.2) is 4.57 Å². The first-order chi connectivity index (χ1) is 10.5. The summed E-state index contributed by atoms with van der Waals surface area (Å²) in [6.07, 6.45) is 1.29. The smallest absolute Gasteiger partial charge is 0.415 e. The summed E-state index contributed by atoms with van der Waals surface area (Å²) in [5.74, 6) is -1.03. The molecule has 0 N–H and O–H groups in total. The molecule has 22 heavy (non-hydrogen) atoms. The predicted molar refractivity (Wildman–Crippen MR) is 86.7 cm³/mol. The Morgan fingerprint density at radius 2 is 2.00 bits per heavy atom. The minimum absolute atomic E-state index is 0.236. The van der Waals surface area contributed by atoms with Crippen LogP contribution in [0.4, 0.5) is 4.39 Å². The standard InChI is InChI=1S/C16H11ClFNO2S/c1-9-2-4-11(7-12(9)17)19-14(8-21-16(19)20)10-3-5-15(22)13(18)6-10/h2-8,22H,1H3. The van der Waals surface area contributed by atoms with Crippen LogP contribution in [0, 0.1) is 12.7 Å². The molecule has 0 atom stereocenters. The van der Waals surface area contributed by atoms with Crippen LogP contribution >= 0.6 is 24.2 Å². The SMILES string of the molecule is Cc1ccc(-n2c(-c3ccc(S)c(F)c3)coc2=O)cc1Cl. The molecule has 0 radical (unpaired) electrons. The van der Waals surface area contributed by atoms with Crippen LogP contribution in [0.15, 0.2) is 56.8 Å². The highest BCUT2D eigenvalue weighted by atomic mass is 35.5. The van der Waals surface area contributed by atoms with Crippen molar-refractivity contribution in [2.24, 2.45) is 0 Å². The average molecular weight is 336 g/mol. The largest absolute Gasteiger partial charge is 0.424 e. The maximum atomic E-state index is 13.7. The number of hydrogen-bond acceptors (Lipinski definition) is 3. The molecule has 0 fully saturated rings. The number of benzene rings is 2. The number of hydrogen-bond donors (Lipinski definition) is 1. The summed E-state index contributed by atoms with van der Waals surface area (Å²) in [5.41, 5.74) is 2.41. The van der Waals surface area contributed by atoms with E-state index in [1.807, 2.05) is 6.92 Å². The third kappa shape index (κ3) is 2.58. The highest BCUT2D eigenvalue weighted by Gasteiger charge is 2.14. The van der Waals surface area contributed by atoms with Crippen LogP contribution < -0.4 is 5.76 Å². The van der Waals surface area contributed by atoms with Gasteiger partial charge >= 0.3 is 5.76 Å². The first kappa shape index (κ1) is 14.9. The van der Waals surface area contributed by atoms with E-state index in [1.165, 1.54) is 23.0 Å². The van der Waals surface area contributed by atoms with E-state index in [4.69, 9.17) is 16.0 Å². The molecule has 3 nitrogen and oxygen atoms in total. The summed E-state index contributed by atoms with van der Waals surface area (Å²) in [6.45, 7) is 1.87. The molecule has 3 rings (SSSR count). The summed E-state index contributed by atoms with van der Waals surface area (Å²) in [5, 5.41) is 0.536. The first-order valence-corrected chi connectivity index (χ1v) is 7.26. The third-order valence-electron chi connectivity index (χ3n) is 3.35. The van der Waals surface area contributed by atoms with Crippen molar-refractivity contribution in [2.75, 3.05) is 0 Å². The van der Waals surface area contributed by atoms with Gasteiger partial charge in [0.05, 0.1) is 11.4 Å². The first-order valence-electron chi connectivity index (χ1n) is 6.43. The van der Waals surface area contributed by atoms with Gasteiger partial charge in [0.25, 0.3) is 0 Å². The third-order valence-corrected chi connectivity index (χ3v) is 4.12. The Bertz CT molecular complexity index is 917.